The lowest BCUT2D eigenvalue weighted by Gasteiger charge is -2.13. The minimum Gasteiger partial charge on any atom is -0.306 e. The van der Waals surface area contributed by atoms with Gasteiger partial charge in [0.2, 0.25) is 0 Å². The summed E-state index contributed by atoms with van der Waals surface area (Å²) in [4.78, 5) is 18.0. The van der Waals surface area contributed by atoms with Gasteiger partial charge in [0.05, 0.1) is 22.9 Å². The van der Waals surface area contributed by atoms with Gasteiger partial charge in [-0.15, -0.1) is 11.3 Å². The molecule has 2 aromatic heterocycles. The third-order valence-electron chi connectivity index (χ3n) is 3.96. The molecule has 6 heteroatoms. The maximum Gasteiger partial charge on any atom is 0.268 e. The Morgan fingerprint density at radius 1 is 1.19 bits per heavy atom. The summed E-state index contributed by atoms with van der Waals surface area (Å²) in [5, 5.41) is 8.48. The Hall–Kier alpha value is -2.47. The van der Waals surface area contributed by atoms with Crippen LogP contribution in [0.1, 0.15) is 52.4 Å². The number of carbonyl (C=O) groups excluding carboxylic acids is 1. The van der Waals surface area contributed by atoms with Crippen molar-refractivity contribution in [3.8, 4) is 0 Å². The van der Waals surface area contributed by atoms with Gasteiger partial charge in [-0.2, -0.15) is 5.10 Å². The lowest BCUT2D eigenvalue weighted by atomic mass is 9.98. The first-order valence-electron chi connectivity index (χ1n) is 8.61. The Kier molecular flexibility index (Phi) is 4.96. The standard InChI is InChI=1S/C20H24N4OS/c1-13-11-16(24(23-13)12-15-9-7-6-8-10-15)22-18(25)17-14(2)21-19(26-17)20(3,4)5/h6-11H,12H2,1-5H3,(H,22,25). The molecule has 0 unspecified atom stereocenters. The van der Waals surface area contributed by atoms with E-state index >= 15 is 0 Å². The van der Waals surface area contributed by atoms with Crippen LogP contribution in [0.25, 0.3) is 0 Å². The minimum atomic E-state index is -0.135. The number of aryl methyl sites for hydroxylation is 2. The second kappa shape index (κ2) is 7.03. The Morgan fingerprint density at radius 2 is 1.88 bits per heavy atom. The van der Waals surface area contributed by atoms with Crippen LogP contribution in [0.2, 0.25) is 0 Å². The molecule has 2 heterocycles. The summed E-state index contributed by atoms with van der Waals surface area (Å²) in [7, 11) is 0. The van der Waals surface area contributed by atoms with Crippen LogP contribution in [0.5, 0.6) is 0 Å². The van der Waals surface area contributed by atoms with E-state index in [1.165, 1.54) is 11.3 Å². The van der Waals surface area contributed by atoms with E-state index in [0.717, 1.165) is 22.0 Å². The number of carbonyl (C=O) groups is 1. The predicted molar refractivity (Wildman–Crippen MR) is 106 cm³/mol. The first-order valence-corrected chi connectivity index (χ1v) is 9.43. The first-order chi connectivity index (χ1) is 12.2. The second-order valence-corrected chi connectivity index (χ2v) is 8.45. The Labute approximate surface area is 158 Å². The third kappa shape index (κ3) is 4.02. The highest BCUT2D eigenvalue weighted by atomic mass is 32.1. The molecular formula is C20H24N4OS. The normalized spacial score (nSPS) is 11.6. The lowest BCUT2D eigenvalue weighted by Crippen LogP contribution is -2.16. The number of hydrogen-bond donors (Lipinski definition) is 1. The molecule has 1 aromatic carbocycles. The summed E-state index contributed by atoms with van der Waals surface area (Å²) in [5.41, 5.74) is 2.70. The van der Waals surface area contributed by atoms with Crippen molar-refractivity contribution >= 4 is 23.1 Å². The van der Waals surface area contributed by atoms with Crippen molar-refractivity contribution in [2.45, 2.75) is 46.6 Å². The van der Waals surface area contributed by atoms with Crippen LogP contribution in [-0.2, 0) is 12.0 Å². The average Bonchev–Trinajstić information content (AvgIpc) is 3.11. The zero-order chi connectivity index (χ0) is 18.9. The average molecular weight is 369 g/mol. The molecule has 0 spiro atoms. The molecule has 136 valence electrons. The SMILES string of the molecule is Cc1cc(NC(=O)c2sc(C(C)(C)C)nc2C)n(Cc2ccccc2)n1. The molecule has 0 radical (unpaired) electrons. The van der Waals surface area contributed by atoms with Crippen molar-refractivity contribution in [3.63, 3.8) is 0 Å². The summed E-state index contributed by atoms with van der Waals surface area (Å²) in [6, 6.07) is 12.0. The maximum atomic E-state index is 12.8. The van der Waals surface area contributed by atoms with E-state index in [0.29, 0.717) is 17.2 Å². The van der Waals surface area contributed by atoms with Gasteiger partial charge in [0.25, 0.3) is 5.91 Å². The van der Waals surface area contributed by atoms with Crippen molar-refractivity contribution in [2.24, 2.45) is 0 Å². The number of benzene rings is 1. The largest absolute Gasteiger partial charge is 0.306 e. The maximum absolute atomic E-state index is 12.8. The number of hydrogen-bond acceptors (Lipinski definition) is 4. The minimum absolute atomic E-state index is 0.0698. The quantitative estimate of drug-likeness (QED) is 0.735. The highest BCUT2D eigenvalue weighted by Gasteiger charge is 2.23. The van der Waals surface area contributed by atoms with Crippen LogP contribution in [0, 0.1) is 13.8 Å². The van der Waals surface area contributed by atoms with Gasteiger partial charge in [0.1, 0.15) is 10.7 Å². The van der Waals surface area contributed by atoms with Crippen LogP contribution in [0.4, 0.5) is 5.82 Å². The Morgan fingerprint density at radius 3 is 2.50 bits per heavy atom. The van der Waals surface area contributed by atoms with Crippen molar-refractivity contribution < 1.29 is 4.79 Å². The molecule has 0 bridgehead atoms. The van der Waals surface area contributed by atoms with Crippen molar-refractivity contribution in [3.05, 3.63) is 63.2 Å². The molecule has 0 saturated heterocycles. The fraction of sp³-hybridized carbons (Fsp3) is 0.350. The smallest absolute Gasteiger partial charge is 0.268 e. The number of aromatic nitrogens is 3. The first kappa shape index (κ1) is 18.3. The zero-order valence-electron chi connectivity index (χ0n) is 15.8. The summed E-state index contributed by atoms with van der Waals surface area (Å²) in [5.74, 6) is 0.561. The van der Waals surface area contributed by atoms with Gasteiger partial charge in [-0.05, 0) is 19.4 Å². The molecule has 0 aliphatic carbocycles. The topological polar surface area (TPSA) is 59.8 Å². The molecule has 0 fully saturated rings. The molecule has 1 amide bonds. The van der Waals surface area contributed by atoms with E-state index in [2.05, 4.69) is 36.2 Å². The molecule has 0 saturated carbocycles. The molecule has 5 nitrogen and oxygen atoms in total. The number of nitrogens with zero attached hydrogens (tertiary/aromatic N) is 3. The van der Waals surface area contributed by atoms with Crippen LogP contribution in [0.15, 0.2) is 36.4 Å². The Balaban J connectivity index is 1.83. The van der Waals surface area contributed by atoms with Crippen molar-refractivity contribution in [2.75, 3.05) is 5.32 Å². The van der Waals surface area contributed by atoms with E-state index in [-0.39, 0.29) is 11.3 Å². The zero-order valence-corrected chi connectivity index (χ0v) is 16.6. The third-order valence-corrected chi connectivity index (χ3v) is 5.55. The molecule has 0 aliphatic heterocycles. The number of amides is 1. The molecule has 26 heavy (non-hydrogen) atoms. The van der Waals surface area contributed by atoms with Gasteiger partial charge in [0, 0.05) is 11.5 Å². The van der Waals surface area contributed by atoms with E-state index in [4.69, 9.17) is 0 Å². The fourth-order valence-electron chi connectivity index (χ4n) is 2.62. The molecule has 1 N–H and O–H groups in total. The number of rotatable bonds is 4. The molecule has 3 aromatic rings. The van der Waals surface area contributed by atoms with E-state index in [9.17, 15) is 4.79 Å². The van der Waals surface area contributed by atoms with Gasteiger partial charge < -0.3 is 5.32 Å². The summed E-state index contributed by atoms with van der Waals surface area (Å²) in [6.07, 6.45) is 0. The lowest BCUT2D eigenvalue weighted by molar-refractivity contribution is 0.102. The van der Waals surface area contributed by atoms with E-state index in [1.807, 2.05) is 54.9 Å². The highest BCUT2D eigenvalue weighted by Crippen LogP contribution is 2.29. The Bertz CT molecular complexity index is 919. The summed E-state index contributed by atoms with van der Waals surface area (Å²) < 4.78 is 1.82. The molecule has 0 atom stereocenters. The number of nitrogens with one attached hydrogen (secondary N) is 1. The van der Waals surface area contributed by atoms with Gasteiger partial charge in [-0.25, -0.2) is 9.67 Å². The monoisotopic (exact) mass is 368 g/mol. The van der Waals surface area contributed by atoms with Crippen LogP contribution >= 0.6 is 11.3 Å². The predicted octanol–water partition coefficient (Wildman–Crippen LogP) is 4.55. The highest BCUT2D eigenvalue weighted by molar-refractivity contribution is 7.14. The second-order valence-electron chi connectivity index (χ2n) is 7.45. The van der Waals surface area contributed by atoms with Gasteiger partial charge in [-0.1, -0.05) is 51.1 Å². The van der Waals surface area contributed by atoms with Gasteiger partial charge in [-0.3, -0.25) is 4.79 Å². The van der Waals surface area contributed by atoms with Crippen molar-refractivity contribution in [1.29, 1.82) is 0 Å². The molecular weight excluding hydrogens is 344 g/mol. The van der Waals surface area contributed by atoms with Crippen molar-refractivity contribution in [1.82, 2.24) is 14.8 Å². The van der Waals surface area contributed by atoms with Crippen LogP contribution in [0.3, 0.4) is 0 Å². The van der Waals surface area contributed by atoms with Crippen LogP contribution < -0.4 is 5.32 Å². The number of thiazole rings is 1. The fourth-order valence-corrected chi connectivity index (χ4v) is 3.64. The van der Waals surface area contributed by atoms with Crippen LogP contribution in [-0.4, -0.2) is 20.7 Å². The summed E-state index contributed by atoms with van der Waals surface area (Å²) >= 11 is 1.46. The molecule has 3 rings (SSSR count). The van der Waals surface area contributed by atoms with E-state index in [1.54, 1.807) is 0 Å². The summed E-state index contributed by atoms with van der Waals surface area (Å²) in [6.45, 7) is 10.7. The van der Waals surface area contributed by atoms with E-state index < -0.39 is 0 Å². The molecule has 0 aliphatic rings. The van der Waals surface area contributed by atoms with Gasteiger partial charge in [0.15, 0.2) is 0 Å². The van der Waals surface area contributed by atoms with Gasteiger partial charge >= 0.3 is 0 Å². The number of anilines is 1.